The van der Waals surface area contributed by atoms with Crippen LogP contribution in [0.1, 0.15) is 0 Å². The van der Waals surface area contributed by atoms with Crippen molar-refractivity contribution in [1.29, 1.82) is 0 Å². The summed E-state index contributed by atoms with van der Waals surface area (Å²) < 4.78 is 12.7. The highest BCUT2D eigenvalue weighted by molar-refractivity contribution is 9.10. The molecule has 0 radical (unpaired) electrons. The van der Waals surface area contributed by atoms with E-state index in [9.17, 15) is 4.57 Å². The van der Waals surface area contributed by atoms with Gasteiger partial charge in [0.05, 0.1) is 0 Å². The number of rotatable bonds is 1. The average Bonchev–Trinajstić information content (AvgIpc) is 2.53. The molecule has 0 spiro atoms. The Morgan fingerprint density at radius 1 is 1.38 bits per heavy atom. The number of hydrogen-bond donors (Lipinski definition) is 1. The first kappa shape index (κ1) is 10.2. The normalized spacial score (nSPS) is 30.5. The molecule has 0 aromatic heterocycles. The van der Waals surface area contributed by atoms with Crippen LogP contribution >= 0.6 is 44.0 Å². The molecule has 0 saturated carbocycles. The van der Waals surface area contributed by atoms with Crippen molar-refractivity contribution >= 4 is 44.0 Å². The molecular weight excluding hydrogens is 287 g/mol. The molecular formula is C8H10BrOPS2. The Balaban J connectivity index is 2.25. The second-order valence-electron chi connectivity index (χ2n) is 2.74. The SMILES string of the molecule is O=[PH]1SCC[SH]1c1ccc(Br)cc1. The van der Waals surface area contributed by atoms with E-state index in [1.165, 1.54) is 4.90 Å². The van der Waals surface area contributed by atoms with Gasteiger partial charge in [-0.15, -0.1) is 0 Å². The van der Waals surface area contributed by atoms with Gasteiger partial charge in [-0.2, -0.15) is 10.5 Å². The quantitative estimate of drug-likeness (QED) is 0.624. The molecule has 1 aliphatic heterocycles. The van der Waals surface area contributed by atoms with Gasteiger partial charge in [0.25, 0.3) is 0 Å². The Kier molecular flexibility index (Phi) is 3.46. The lowest BCUT2D eigenvalue weighted by Crippen LogP contribution is -1.81. The second-order valence-corrected chi connectivity index (χ2v) is 12.4. The maximum absolute atomic E-state index is 11.6. The molecule has 1 aromatic rings. The van der Waals surface area contributed by atoms with E-state index in [2.05, 4.69) is 28.1 Å². The van der Waals surface area contributed by atoms with Gasteiger partial charge in [-0.1, -0.05) is 27.3 Å². The first-order valence-corrected chi connectivity index (χ1v) is 10.3. The molecule has 1 aliphatic rings. The van der Waals surface area contributed by atoms with Crippen molar-refractivity contribution in [3.8, 4) is 0 Å². The van der Waals surface area contributed by atoms with Gasteiger partial charge in [0, 0.05) is 10.2 Å². The van der Waals surface area contributed by atoms with E-state index in [0.717, 1.165) is 16.0 Å². The summed E-state index contributed by atoms with van der Waals surface area (Å²) in [6, 6.07) is 8.28. The van der Waals surface area contributed by atoms with E-state index >= 15 is 0 Å². The lowest BCUT2D eigenvalue weighted by atomic mass is 10.4. The van der Waals surface area contributed by atoms with Gasteiger partial charge in [-0.3, -0.25) is 0 Å². The van der Waals surface area contributed by atoms with Crippen LogP contribution in [0.2, 0.25) is 0 Å². The van der Waals surface area contributed by atoms with E-state index in [4.69, 9.17) is 0 Å². The topological polar surface area (TPSA) is 17.1 Å². The summed E-state index contributed by atoms with van der Waals surface area (Å²) in [5, 5.41) is 0. The van der Waals surface area contributed by atoms with E-state index < -0.39 is 6.20 Å². The highest BCUT2D eigenvalue weighted by Gasteiger charge is 2.20. The molecule has 0 amide bonds. The Morgan fingerprint density at radius 3 is 2.62 bits per heavy atom. The predicted octanol–water partition coefficient (Wildman–Crippen LogP) is 3.95. The molecule has 0 N–H and O–H groups in total. The standard InChI is InChI=1S/C8H10BrOPS2/c9-7-1-3-8(4-2-7)13-6-5-12-11(13)10/h1-4,11,13H,5-6H2. The Labute approximate surface area is 93.4 Å². The maximum atomic E-state index is 11.6. The summed E-state index contributed by atoms with van der Waals surface area (Å²) in [5.41, 5.74) is 0. The van der Waals surface area contributed by atoms with Crippen molar-refractivity contribution in [2.45, 2.75) is 4.90 Å². The highest BCUT2D eigenvalue weighted by atomic mass is 79.9. The van der Waals surface area contributed by atoms with Gasteiger partial charge < -0.3 is 4.57 Å². The van der Waals surface area contributed by atoms with Crippen molar-refractivity contribution in [2.24, 2.45) is 0 Å². The summed E-state index contributed by atoms with van der Waals surface area (Å²) in [7, 11) is -0.325. The van der Waals surface area contributed by atoms with Crippen molar-refractivity contribution in [2.75, 3.05) is 11.5 Å². The van der Waals surface area contributed by atoms with Crippen LogP contribution in [-0.4, -0.2) is 11.5 Å². The van der Waals surface area contributed by atoms with Crippen molar-refractivity contribution in [3.63, 3.8) is 0 Å². The van der Waals surface area contributed by atoms with Crippen molar-refractivity contribution in [3.05, 3.63) is 28.7 Å². The summed E-state index contributed by atoms with van der Waals surface area (Å²) in [6.45, 7) is 0. The number of hydrogen-bond acceptors (Lipinski definition) is 2. The fraction of sp³-hybridized carbons (Fsp3) is 0.250. The van der Waals surface area contributed by atoms with E-state index in [1.54, 1.807) is 11.4 Å². The first-order chi connectivity index (χ1) is 6.27. The molecule has 2 atom stereocenters. The minimum atomic E-state index is -1.34. The van der Waals surface area contributed by atoms with E-state index in [1.807, 2.05) is 12.1 Å². The van der Waals surface area contributed by atoms with Gasteiger partial charge >= 0.3 is 0 Å². The smallest absolute Gasteiger partial charge is 0.165 e. The van der Waals surface area contributed by atoms with Gasteiger partial charge in [0.1, 0.15) is 0 Å². The molecule has 1 fully saturated rings. The zero-order valence-corrected chi connectivity index (χ0v) is 11.2. The Morgan fingerprint density at radius 2 is 2.08 bits per heavy atom. The number of thiol groups is 1. The van der Waals surface area contributed by atoms with Crippen LogP contribution in [-0.2, 0) is 4.57 Å². The molecule has 1 aromatic carbocycles. The first-order valence-electron chi connectivity index (χ1n) is 3.97. The van der Waals surface area contributed by atoms with Crippen LogP contribution < -0.4 is 0 Å². The molecule has 72 valence electrons. The Hall–Kier alpha value is 0.630. The second kappa shape index (κ2) is 4.43. The highest BCUT2D eigenvalue weighted by Crippen LogP contribution is 2.70. The van der Waals surface area contributed by atoms with Crippen LogP contribution in [0.4, 0.5) is 0 Å². The third-order valence-corrected chi connectivity index (χ3v) is 12.7. The average molecular weight is 297 g/mol. The summed E-state index contributed by atoms with van der Waals surface area (Å²) in [5.74, 6) is 2.22. The maximum Gasteiger partial charge on any atom is 0.165 e. The third kappa shape index (κ3) is 2.35. The fourth-order valence-corrected chi connectivity index (χ4v) is 12.4. The molecule has 0 aliphatic carbocycles. The monoisotopic (exact) mass is 296 g/mol. The third-order valence-electron chi connectivity index (χ3n) is 1.90. The van der Waals surface area contributed by atoms with E-state index in [0.29, 0.717) is 0 Å². The summed E-state index contributed by atoms with van der Waals surface area (Å²) in [6.07, 6.45) is -1.34. The van der Waals surface area contributed by atoms with Crippen molar-refractivity contribution in [1.82, 2.24) is 0 Å². The van der Waals surface area contributed by atoms with Gasteiger partial charge in [0.15, 0.2) is 6.20 Å². The zero-order valence-electron chi connectivity index (χ0n) is 6.87. The van der Waals surface area contributed by atoms with Crippen LogP contribution in [0, 0.1) is 0 Å². The molecule has 13 heavy (non-hydrogen) atoms. The molecule has 1 saturated heterocycles. The zero-order chi connectivity index (χ0) is 9.26. The van der Waals surface area contributed by atoms with Gasteiger partial charge in [-0.05, 0) is 34.9 Å². The lowest BCUT2D eigenvalue weighted by Gasteiger charge is -2.12. The molecule has 5 heteroatoms. The molecule has 1 heterocycles. The largest absolute Gasteiger partial charge is 0.305 e. The minimum Gasteiger partial charge on any atom is -0.305 e. The molecule has 0 bridgehead atoms. The molecule has 2 unspecified atom stereocenters. The summed E-state index contributed by atoms with van der Waals surface area (Å²) in [4.78, 5) is 1.30. The lowest BCUT2D eigenvalue weighted by molar-refractivity contribution is 0.603. The van der Waals surface area contributed by atoms with Gasteiger partial charge in [-0.25, -0.2) is 0 Å². The minimum absolute atomic E-state index is 0.325. The van der Waals surface area contributed by atoms with Crippen LogP contribution in [0.25, 0.3) is 0 Å². The van der Waals surface area contributed by atoms with Crippen LogP contribution in [0.5, 0.6) is 0 Å². The fourth-order valence-electron chi connectivity index (χ4n) is 1.25. The Bertz CT molecular complexity index is 327. The number of halogens is 1. The van der Waals surface area contributed by atoms with Crippen LogP contribution in [0.3, 0.4) is 0 Å². The van der Waals surface area contributed by atoms with E-state index in [-0.39, 0.29) is 10.5 Å². The van der Waals surface area contributed by atoms with Crippen molar-refractivity contribution < 1.29 is 4.57 Å². The van der Waals surface area contributed by atoms with Gasteiger partial charge in [0.2, 0.25) is 0 Å². The van der Waals surface area contributed by atoms with Crippen LogP contribution in [0.15, 0.2) is 33.6 Å². The number of benzene rings is 1. The summed E-state index contributed by atoms with van der Waals surface area (Å²) >= 11 is 5.07. The molecule has 2 rings (SSSR count). The predicted molar refractivity (Wildman–Crippen MR) is 67.7 cm³/mol. The molecule has 1 nitrogen and oxygen atoms in total.